The summed E-state index contributed by atoms with van der Waals surface area (Å²) in [4.78, 5) is 33.3. The number of para-hydroxylation sites is 1. The topological polar surface area (TPSA) is 93.2 Å². The first kappa shape index (κ1) is 20.5. The normalized spacial score (nSPS) is 13.0. The van der Waals surface area contributed by atoms with E-state index in [9.17, 15) is 9.59 Å². The van der Waals surface area contributed by atoms with Crippen LogP contribution < -0.4 is 15.4 Å². The minimum Gasteiger partial charge on any atom is -0.490 e. The second kappa shape index (κ2) is 8.95. The lowest BCUT2D eigenvalue weighted by atomic mass is 10.1. The average molecular weight is 416 g/mol. The molecule has 2 N–H and O–H groups in total. The number of benzene rings is 1. The Balaban J connectivity index is 1.52. The molecule has 0 radical (unpaired) electrons. The number of pyridine rings is 2. The lowest BCUT2D eigenvalue weighted by Gasteiger charge is -2.14. The van der Waals surface area contributed by atoms with Gasteiger partial charge < -0.3 is 15.4 Å². The van der Waals surface area contributed by atoms with Gasteiger partial charge in [0.1, 0.15) is 11.4 Å². The Labute approximate surface area is 180 Å². The number of anilines is 1. The van der Waals surface area contributed by atoms with Gasteiger partial charge in [-0.1, -0.05) is 18.2 Å². The molecule has 7 heteroatoms. The van der Waals surface area contributed by atoms with E-state index in [1.807, 2.05) is 44.2 Å². The minimum atomic E-state index is -0.339. The number of carbonyl (C=O) groups is 2. The van der Waals surface area contributed by atoms with Crippen molar-refractivity contribution in [2.24, 2.45) is 0 Å². The van der Waals surface area contributed by atoms with Crippen LogP contribution in [0.3, 0.4) is 0 Å². The molecular formula is C24H24N4O3. The molecule has 0 bridgehead atoms. The summed E-state index contributed by atoms with van der Waals surface area (Å²) < 4.78 is 5.90. The number of rotatable bonds is 7. The average Bonchev–Trinajstić information content (AvgIpc) is 3.58. The molecule has 31 heavy (non-hydrogen) atoms. The van der Waals surface area contributed by atoms with Crippen molar-refractivity contribution in [3.05, 3.63) is 72.3 Å². The first-order valence-electron chi connectivity index (χ1n) is 10.3. The number of amides is 2. The molecule has 2 aromatic heterocycles. The van der Waals surface area contributed by atoms with Crippen molar-refractivity contribution in [2.75, 3.05) is 5.32 Å². The molecule has 3 aromatic rings. The molecular weight excluding hydrogens is 392 g/mol. The molecule has 1 aromatic carbocycles. The SMILES string of the molecule is CC(C)Oc1ccccc1-c1cncc(NC(=O)c2ccnc(C(=O)NC3CC3)c2)c1. The molecule has 1 fully saturated rings. The summed E-state index contributed by atoms with van der Waals surface area (Å²) in [5, 5.41) is 5.72. The summed E-state index contributed by atoms with van der Waals surface area (Å²) in [5.74, 6) is 0.152. The Morgan fingerprint density at radius 2 is 1.87 bits per heavy atom. The van der Waals surface area contributed by atoms with E-state index in [-0.39, 0.29) is 29.7 Å². The van der Waals surface area contributed by atoms with E-state index < -0.39 is 0 Å². The quantitative estimate of drug-likeness (QED) is 0.605. The predicted molar refractivity (Wildman–Crippen MR) is 118 cm³/mol. The van der Waals surface area contributed by atoms with Crippen LogP contribution in [0.25, 0.3) is 11.1 Å². The third-order valence-corrected chi connectivity index (χ3v) is 4.72. The Bertz CT molecular complexity index is 1110. The molecule has 2 amide bonds. The molecule has 0 aliphatic heterocycles. The minimum absolute atomic E-state index is 0.0370. The molecule has 4 rings (SSSR count). The number of hydrogen-bond acceptors (Lipinski definition) is 5. The number of nitrogens with zero attached hydrogens (tertiary/aromatic N) is 2. The van der Waals surface area contributed by atoms with Crippen molar-refractivity contribution < 1.29 is 14.3 Å². The standard InChI is InChI=1S/C24H24N4O3/c1-15(2)31-22-6-4-3-5-20(22)17-11-19(14-25-13-17)28-23(29)16-9-10-26-21(12-16)24(30)27-18-7-8-18/h3-6,9-15,18H,7-8H2,1-2H3,(H,27,30)(H,28,29). The smallest absolute Gasteiger partial charge is 0.270 e. The van der Waals surface area contributed by atoms with Crippen molar-refractivity contribution in [1.82, 2.24) is 15.3 Å². The highest BCUT2D eigenvalue weighted by Crippen LogP contribution is 2.31. The third-order valence-electron chi connectivity index (χ3n) is 4.72. The molecule has 1 saturated carbocycles. The maximum Gasteiger partial charge on any atom is 0.270 e. The van der Waals surface area contributed by atoms with Gasteiger partial charge in [-0.3, -0.25) is 19.6 Å². The van der Waals surface area contributed by atoms with Gasteiger partial charge in [0.2, 0.25) is 0 Å². The van der Waals surface area contributed by atoms with Gasteiger partial charge in [-0.15, -0.1) is 0 Å². The van der Waals surface area contributed by atoms with Crippen LogP contribution in [-0.4, -0.2) is 33.9 Å². The van der Waals surface area contributed by atoms with Crippen molar-refractivity contribution in [3.8, 4) is 16.9 Å². The fourth-order valence-electron chi connectivity index (χ4n) is 3.10. The number of ether oxygens (including phenoxy) is 1. The maximum atomic E-state index is 12.8. The zero-order valence-electron chi connectivity index (χ0n) is 17.5. The van der Waals surface area contributed by atoms with E-state index in [2.05, 4.69) is 20.6 Å². The van der Waals surface area contributed by atoms with Crippen LogP contribution in [0.2, 0.25) is 0 Å². The van der Waals surface area contributed by atoms with E-state index in [0.717, 1.165) is 29.7 Å². The zero-order valence-corrected chi connectivity index (χ0v) is 17.5. The molecule has 0 atom stereocenters. The summed E-state index contributed by atoms with van der Waals surface area (Å²) in [6, 6.07) is 12.8. The van der Waals surface area contributed by atoms with Crippen molar-refractivity contribution in [1.29, 1.82) is 0 Å². The van der Waals surface area contributed by atoms with E-state index in [0.29, 0.717) is 11.3 Å². The van der Waals surface area contributed by atoms with E-state index >= 15 is 0 Å². The zero-order chi connectivity index (χ0) is 21.8. The highest BCUT2D eigenvalue weighted by molar-refractivity contribution is 6.05. The van der Waals surface area contributed by atoms with Crippen molar-refractivity contribution in [2.45, 2.75) is 38.8 Å². The largest absolute Gasteiger partial charge is 0.490 e. The number of nitrogens with one attached hydrogen (secondary N) is 2. The number of aromatic nitrogens is 2. The van der Waals surface area contributed by atoms with Crippen LogP contribution in [0, 0.1) is 0 Å². The van der Waals surface area contributed by atoms with Gasteiger partial charge in [0.05, 0.1) is 18.0 Å². The van der Waals surface area contributed by atoms with Crippen LogP contribution in [0.4, 0.5) is 5.69 Å². The molecule has 0 spiro atoms. The highest BCUT2D eigenvalue weighted by Gasteiger charge is 2.24. The molecule has 0 saturated heterocycles. The first-order valence-corrected chi connectivity index (χ1v) is 10.3. The van der Waals surface area contributed by atoms with E-state index in [1.54, 1.807) is 18.5 Å². The fraction of sp³-hybridized carbons (Fsp3) is 0.250. The summed E-state index contributed by atoms with van der Waals surface area (Å²) >= 11 is 0. The van der Waals surface area contributed by atoms with Gasteiger partial charge in [-0.2, -0.15) is 0 Å². The predicted octanol–water partition coefficient (Wildman–Crippen LogP) is 4.08. The van der Waals surface area contributed by atoms with Gasteiger partial charge in [-0.25, -0.2) is 0 Å². The van der Waals surface area contributed by atoms with E-state index in [1.165, 1.54) is 12.3 Å². The maximum absolute atomic E-state index is 12.8. The Kier molecular flexibility index (Phi) is 5.93. The van der Waals surface area contributed by atoms with Crippen LogP contribution in [0.5, 0.6) is 5.75 Å². The summed E-state index contributed by atoms with van der Waals surface area (Å²) in [6.45, 7) is 3.94. The van der Waals surface area contributed by atoms with Gasteiger partial charge in [0.25, 0.3) is 11.8 Å². The third kappa shape index (κ3) is 5.25. The first-order chi connectivity index (χ1) is 15.0. The van der Waals surface area contributed by atoms with Gasteiger partial charge in [-0.05, 0) is 51.0 Å². The molecule has 2 heterocycles. The fourth-order valence-corrected chi connectivity index (χ4v) is 3.10. The summed E-state index contributed by atoms with van der Waals surface area (Å²) in [5.41, 5.74) is 2.84. The lowest BCUT2D eigenvalue weighted by molar-refractivity contribution is 0.0946. The van der Waals surface area contributed by atoms with Gasteiger partial charge in [0, 0.05) is 35.1 Å². The Hall–Kier alpha value is -3.74. The van der Waals surface area contributed by atoms with Gasteiger partial charge >= 0.3 is 0 Å². The Morgan fingerprint density at radius 3 is 2.65 bits per heavy atom. The molecule has 158 valence electrons. The van der Waals surface area contributed by atoms with E-state index in [4.69, 9.17) is 4.74 Å². The van der Waals surface area contributed by atoms with Crippen LogP contribution in [0.1, 0.15) is 47.5 Å². The van der Waals surface area contributed by atoms with Crippen molar-refractivity contribution >= 4 is 17.5 Å². The lowest BCUT2D eigenvalue weighted by Crippen LogP contribution is -2.26. The second-order valence-electron chi connectivity index (χ2n) is 7.76. The van der Waals surface area contributed by atoms with Gasteiger partial charge in [0.15, 0.2) is 0 Å². The summed E-state index contributed by atoms with van der Waals surface area (Å²) in [6.07, 6.45) is 6.78. The highest BCUT2D eigenvalue weighted by atomic mass is 16.5. The summed E-state index contributed by atoms with van der Waals surface area (Å²) in [7, 11) is 0. The second-order valence-corrected chi connectivity index (χ2v) is 7.76. The van der Waals surface area contributed by atoms with Crippen molar-refractivity contribution in [3.63, 3.8) is 0 Å². The van der Waals surface area contributed by atoms with Crippen LogP contribution in [0.15, 0.2) is 61.1 Å². The Morgan fingerprint density at radius 1 is 1.06 bits per heavy atom. The van der Waals surface area contributed by atoms with Crippen LogP contribution in [-0.2, 0) is 0 Å². The molecule has 7 nitrogen and oxygen atoms in total. The number of hydrogen-bond donors (Lipinski definition) is 2. The monoisotopic (exact) mass is 416 g/mol. The van der Waals surface area contributed by atoms with Crippen LogP contribution >= 0.6 is 0 Å². The molecule has 1 aliphatic rings. The molecule has 0 unspecified atom stereocenters. The number of carbonyl (C=O) groups excluding carboxylic acids is 2. The molecule has 1 aliphatic carbocycles.